The molecule has 0 amide bonds. The van der Waals surface area contributed by atoms with Gasteiger partial charge in [0.25, 0.3) is 5.56 Å². The molecule has 5 nitrogen and oxygen atoms in total. The van der Waals surface area contributed by atoms with Crippen molar-refractivity contribution in [3.63, 3.8) is 0 Å². The highest BCUT2D eigenvalue weighted by Gasteiger charge is 2.24. The Balaban J connectivity index is 2.24. The number of nitrogens with two attached hydrogens (primary N) is 1. The van der Waals surface area contributed by atoms with Gasteiger partial charge >= 0.3 is 0 Å². The molecule has 100 valence electrons. The highest BCUT2D eigenvalue weighted by Crippen LogP contribution is 2.24. The van der Waals surface area contributed by atoms with Crippen LogP contribution in [0.2, 0.25) is 0 Å². The van der Waals surface area contributed by atoms with E-state index in [4.69, 9.17) is 5.73 Å². The minimum Gasteiger partial charge on any atom is -0.378 e. The van der Waals surface area contributed by atoms with Crippen LogP contribution in [0, 0.1) is 0 Å². The number of anilines is 1. The van der Waals surface area contributed by atoms with Gasteiger partial charge in [0.2, 0.25) is 0 Å². The number of rotatable bonds is 3. The van der Waals surface area contributed by atoms with Crippen LogP contribution in [-0.2, 0) is 0 Å². The number of halogens is 1. The van der Waals surface area contributed by atoms with E-state index >= 15 is 0 Å². The van der Waals surface area contributed by atoms with Gasteiger partial charge in [-0.25, -0.2) is 4.68 Å². The molecular formula is C12H19BrN4O. The molecule has 1 fully saturated rings. The summed E-state index contributed by atoms with van der Waals surface area (Å²) in [6.07, 6.45) is 4.90. The lowest BCUT2D eigenvalue weighted by atomic mass is 10.2. The van der Waals surface area contributed by atoms with Crippen molar-refractivity contribution in [2.75, 3.05) is 5.32 Å². The molecule has 2 unspecified atom stereocenters. The monoisotopic (exact) mass is 314 g/mol. The Morgan fingerprint density at radius 2 is 2.28 bits per heavy atom. The molecule has 2 rings (SSSR count). The van der Waals surface area contributed by atoms with Crippen molar-refractivity contribution in [2.24, 2.45) is 5.73 Å². The standard InChI is InChI=1S/C12H19BrN4O/c1-7(2)17-12(18)11(13)10(6-15-17)16-9-5-3-4-8(9)14/h6-9,16H,3-5,14H2,1-2H3. The van der Waals surface area contributed by atoms with Gasteiger partial charge in [-0.2, -0.15) is 5.10 Å². The average molecular weight is 315 g/mol. The number of hydrogen-bond donors (Lipinski definition) is 2. The molecule has 1 aromatic rings. The van der Waals surface area contributed by atoms with Gasteiger partial charge in [-0.1, -0.05) is 0 Å². The van der Waals surface area contributed by atoms with Crippen molar-refractivity contribution in [1.82, 2.24) is 9.78 Å². The van der Waals surface area contributed by atoms with Crippen LogP contribution in [0.4, 0.5) is 5.69 Å². The van der Waals surface area contributed by atoms with Gasteiger partial charge in [-0.05, 0) is 49.0 Å². The highest BCUT2D eigenvalue weighted by atomic mass is 79.9. The van der Waals surface area contributed by atoms with Gasteiger partial charge in [0.05, 0.1) is 17.9 Å². The van der Waals surface area contributed by atoms with Crippen LogP contribution in [0.3, 0.4) is 0 Å². The maximum atomic E-state index is 12.1. The SMILES string of the molecule is CC(C)n1ncc(NC2CCCC2N)c(Br)c1=O. The molecule has 1 aromatic heterocycles. The van der Waals surface area contributed by atoms with E-state index in [2.05, 4.69) is 26.3 Å². The van der Waals surface area contributed by atoms with Crippen molar-refractivity contribution in [3.05, 3.63) is 21.0 Å². The Hall–Kier alpha value is -0.880. The fraction of sp³-hybridized carbons (Fsp3) is 0.667. The van der Waals surface area contributed by atoms with Crippen molar-refractivity contribution in [3.8, 4) is 0 Å². The molecule has 0 aliphatic heterocycles. The molecular weight excluding hydrogens is 296 g/mol. The molecule has 0 aromatic carbocycles. The number of hydrogen-bond acceptors (Lipinski definition) is 4. The highest BCUT2D eigenvalue weighted by molar-refractivity contribution is 9.10. The Morgan fingerprint density at radius 1 is 1.56 bits per heavy atom. The van der Waals surface area contributed by atoms with Crippen molar-refractivity contribution in [2.45, 2.75) is 51.2 Å². The van der Waals surface area contributed by atoms with Gasteiger partial charge in [0, 0.05) is 12.1 Å². The zero-order valence-corrected chi connectivity index (χ0v) is 12.3. The van der Waals surface area contributed by atoms with Crippen LogP contribution in [0.15, 0.2) is 15.5 Å². The second-order valence-electron chi connectivity index (χ2n) is 5.06. The normalized spacial score (nSPS) is 23.6. The van der Waals surface area contributed by atoms with Crippen LogP contribution in [-0.4, -0.2) is 21.9 Å². The quantitative estimate of drug-likeness (QED) is 0.893. The molecule has 0 saturated heterocycles. The van der Waals surface area contributed by atoms with Crippen LogP contribution < -0.4 is 16.6 Å². The topological polar surface area (TPSA) is 72.9 Å². The first kappa shape index (κ1) is 13.5. The zero-order chi connectivity index (χ0) is 13.3. The molecule has 1 aliphatic rings. The largest absolute Gasteiger partial charge is 0.378 e. The number of aromatic nitrogens is 2. The van der Waals surface area contributed by atoms with E-state index in [1.165, 1.54) is 4.68 Å². The summed E-state index contributed by atoms with van der Waals surface area (Å²) in [5, 5.41) is 7.49. The number of nitrogens with zero attached hydrogens (tertiary/aromatic N) is 2. The summed E-state index contributed by atoms with van der Waals surface area (Å²) in [5.74, 6) is 0. The third kappa shape index (κ3) is 2.59. The molecule has 1 aliphatic carbocycles. The van der Waals surface area contributed by atoms with Crippen molar-refractivity contribution < 1.29 is 0 Å². The van der Waals surface area contributed by atoms with Gasteiger partial charge in [-0.15, -0.1) is 0 Å². The predicted octanol–water partition coefficient (Wildman–Crippen LogP) is 1.88. The molecule has 2 atom stereocenters. The van der Waals surface area contributed by atoms with Gasteiger partial charge in [0.1, 0.15) is 4.47 Å². The summed E-state index contributed by atoms with van der Waals surface area (Å²) in [7, 11) is 0. The Labute approximate surface area is 115 Å². The summed E-state index contributed by atoms with van der Waals surface area (Å²) in [5.41, 5.74) is 6.64. The maximum absolute atomic E-state index is 12.1. The predicted molar refractivity (Wildman–Crippen MR) is 75.8 cm³/mol. The molecule has 1 saturated carbocycles. The maximum Gasteiger partial charge on any atom is 0.283 e. The Kier molecular flexibility index (Phi) is 4.07. The minimum absolute atomic E-state index is 0.0524. The van der Waals surface area contributed by atoms with E-state index in [-0.39, 0.29) is 23.7 Å². The zero-order valence-electron chi connectivity index (χ0n) is 10.7. The second-order valence-corrected chi connectivity index (χ2v) is 5.85. The van der Waals surface area contributed by atoms with E-state index < -0.39 is 0 Å². The van der Waals surface area contributed by atoms with Crippen LogP contribution in [0.25, 0.3) is 0 Å². The minimum atomic E-state index is -0.110. The lowest BCUT2D eigenvalue weighted by Crippen LogP contribution is -2.36. The summed E-state index contributed by atoms with van der Waals surface area (Å²) >= 11 is 3.35. The first-order valence-electron chi connectivity index (χ1n) is 6.30. The van der Waals surface area contributed by atoms with Gasteiger partial charge in [-0.3, -0.25) is 4.79 Å². The molecule has 3 N–H and O–H groups in total. The third-order valence-electron chi connectivity index (χ3n) is 3.34. The van der Waals surface area contributed by atoms with E-state index in [0.29, 0.717) is 4.47 Å². The molecule has 1 heterocycles. The number of nitrogens with one attached hydrogen (secondary N) is 1. The Bertz CT molecular complexity index is 485. The fourth-order valence-corrected chi connectivity index (χ4v) is 2.68. The molecule has 18 heavy (non-hydrogen) atoms. The van der Waals surface area contributed by atoms with Gasteiger partial charge < -0.3 is 11.1 Å². The second kappa shape index (κ2) is 5.40. The van der Waals surface area contributed by atoms with E-state index in [0.717, 1.165) is 24.9 Å². The lowest BCUT2D eigenvalue weighted by Gasteiger charge is -2.20. The summed E-state index contributed by atoms with van der Waals surface area (Å²) < 4.78 is 1.99. The van der Waals surface area contributed by atoms with Crippen molar-refractivity contribution in [1.29, 1.82) is 0 Å². The van der Waals surface area contributed by atoms with Gasteiger partial charge in [0.15, 0.2) is 0 Å². The van der Waals surface area contributed by atoms with Crippen LogP contribution >= 0.6 is 15.9 Å². The first-order valence-corrected chi connectivity index (χ1v) is 7.09. The van der Waals surface area contributed by atoms with E-state index in [1.54, 1.807) is 6.20 Å². The van der Waals surface area contributed by atoms with Crippen molar-refractivity contribution >= 4 is 21.6 Å². The average Bonchev–Trinajstić information content (AvgIpc) is 2.70. The molecule has 0 spiro atoms. The molecule has 0 bridgehead atoms. The first-order chi connectivity index (χ1) is 8.50. The molecule has 0 radical (unpaired) electrons. The smallest absolute Gasteiger partial charge is 0.283 e. The third-order valence-corrected chi connectivity index (χ3v) is 4.11. The van der Waals surface area contributed by atoms with E-state index in [9.17, 15) is 4.79 Å². The lowest BCUT2D eigenvalue weighted by molar-refractivity contribution is 0.500. The van der Waals surface area contributed by atoms with E-state index in [1.807, 2.05) is 13.8 Å². The Morgan fingerprint density at radius 3 is 2.83 bits per heavy atom. The van der Waals surface area contributed by atoms with Crippen LogP contribution in [0.5, 0.6) is 0 Å². The summed E-state index contributed by atoms with van der Waals surface area (Å²) in [4.78, 5) is 12.1. The van der Waals surface area contributed by atoms with Crippen LogP contribution in [0.1, 0.15) is 39.2 Å². The fourth-order valence-electron chi connectivity index (χ4n) is 2.28. The summed E-state index contributed by atoms with van der Waals surface area (Å²) in [6.45, 7) is 3.86. The molecule has 6 heteroatoms. The summed E-state index contributed by atoms with van der Waals surface area (Å²) in [6, 6.07) is 0.443.